The van der Waals surface area contributed by atoms with Crippen molar-refractivity contribution in [2.24, 2.45) is 0 Å². The Morgan fingerprint density at radius 2 is 1.78 bits per heavy atom. The number of rotatable bonds is 4. The molecule has 2 aromatic carbocycles. The topological polar surface area (TPSA) is 40.5 Å². The van der Waals surface area contributed by atoms with Gasteiger partial charge >= 0.3 is 0 Å². The maximum atomic E-state index is 12.5. The maximum Gasteiger partial charge on any atom is 0.256 e. The van der Waals surface area contributed by atoms with Crippen LogP contribution in [0.25, 0.3) is 5.57 Å². The molecule has 1 N–H and O–H groups in total. The van der Waals surface area contributed by atoms with E-state index in [1.807, 2.05) is 24.3 Å². The van der Waals surface area contributed by atoms with Gasteiger partial charge in [0, 0.05) is 17.7 Å². The Labute approximate surface area is 161 Å². The van der Waals surface area contributed by atoms with E-state index in [1.54, 1.807) is 6.07 Å². The first-order valence-electron chi connectivity index (χ1n) is 10.00. The zero-order chi connectivity index (χ0) is 18.8. The van der Waals surface area contributed by atoms with Gasteiger partial charge in [-0.15, -0.1) is 0 Å². The summed E-state index contributed by atoms with van der Waals surface area (Å²) in [6.45, 7) is 2.47. The van der Waals surface area contributed by atoms with Gasteiger partial charge in [0.05, 0.1) is 0 Å². The number of nitrogens with zero attached hydrogens (tertiary/aromatic N) is 1. The van der Waals surface area contributed by atoms with Crippen molar-refractivity contribution in [1.29, 1.82) is 0 Å². The summed E-state index contributed by atoms with van der Waals surface area (Å²) in [5, 5.41) is 10.5. The Balaban J connectivity index is 1.45. The number of fused-ring (bicyclic) bond motifs is 1. The Bertz CT molecular complexity index is 847. The number of amides is 1. The molecule has 0 radical (unpaired) electrons. The van der Waals surface area contributed by atoms with Crippen LogP contribution < -0.4 is 0 Å². The van der Waals surface area contributed by atoms with E-state index >= 15 is 0 Å². The van der Waals surface area contributed by atoms with Crippen LogP contribution in [0.2, 0.25) is 0 Å². The van der Waals surface area contributed by atoms with Crippen molar-refractivity contribution in [1.82, 2.24) is 4.90 Å². The smallest absolute Gasteiger partial charge is 0.256 e. The van der Waals surface area contributed by atoms with Crippen LogP contribution in [0.4, 0.5) is 0 Å². The summed E-state index contributed by atoms with van der Waals surface area (Å²) in [5.74, 6) is 0.614. The molecule has 0 spiro atoms. The molecule has 2 aromatic rings. The second-order valence-corrected chi connectivity index (χ2v) is 7.76. The quantitative estimate of drug-likeness (QED) is 0.804. The lowest BCUT2D eigenvalue weighted by Crippen LogP contribution is -2.28. The first-order chi connectivity index (χ1) is 13.1. The van der Waals surface area contributed by atoms with Gasteiger partial charge in [0.1, 0.15) is 0 Å². The minimum absolute atomic E-state index is 0.102. The summed E-state index contributed by atoms with van der Waals surface area (Å²) in [6, 6.07) is 16.2. The van der Waals surface area contributed by atoms with E-state index in [0.717, 1.165) is 5.57 Å². The molecular weight excluding hydrogens is 334 g/mol. The van der Waals surface area contributed by atoms with Gasteiger partial charge < -0.3 is 10.0 Å². The summed E-state index contributed by atoms with van der Waals surface area (Å²) >= 11 is 0. The molecule has 1 atom stereocenters. The molecule has 27 heavy (non-hydrogen) atoms. The van der Waals surface area contributed by atoms with Gasteiger partial charge in [-0.3, -0.25) is 4.79 Å². The van der Waals surface area contributed by atoms with E-state index in [4.69, 9.17) is 0 Å². The van der Waals surface area contributed by atoms with Gasteiger partial charge in [-0.25, -0.2) is 0 Å². The standard InChI is InChI=1S/C24H27NO2/c1-17(18-11-13-20(14-12-18)19-7-3-2-4-8-19)15-16-25-23(26)21-9-5-6-10-22(21)24(25)27/h5-6,9-15,19,23,26H,2-4,7-8,16H2,1H3/b17-15-/t23-/m0/s1. The van der Waals surface area contributed by atoms with Crippen LogP contribution in [0.3, 0.4) is 0 Å². The van der Waals surface area contributed by atoms with Crippen molar-refractivity contribution < 1.29 is 9.90 Å². The van der Waals surface area contributed by atoms with E-state index in [-0.39, 0.29) is 5.91 Å². The van der Waals surface area contributed by atoms with Crippen LogP contribution in [-0.2, 0) is 0 Å². The highest BCUT2D eigenvalue weighted by atomic mass is 16.3. The van der Waals surface area contributed by atoms with Crippen molar-refractivity contribution >= 4 is 11.5 Å². The van der Waals surface area contributed by atoms with Crippen molar-refractivity contribution in [3.63, 3.8) is 0 Å². The van der Waals surface area contributed by atoms with E-state index in [9.17, 15) is 9.90 Å². The van der Waals surface area contributed by atoms with Crippen LogP contribution in [0.5, 0.6) is 0 Å². The highest BCUT2D eigenvalue weighted by molar-refractivity contribution is 5.99. The number of hydrogen-bond acceptors (Lipinski definition) is 2. The third kappa shape index (κ3) is 3.57. The van der Waals surface area contributed by atoms with Gasteiger partial charge in [-0.1, -0.05) is 67.8 Å². The summed E-state index contributed by atoms with van der Waals surface area (Å²) in [4.78, 5) is 14.0. The predicted molar refractivity (Wildman–Crippen MR) is 108 cm³/mol. The number of carbonyl (C=O) groups excluding carboxylic acids is 1. The van der Waals surface area contributed by atoms with Crippen LogP contribution in [0.15, 0.2) is 54.6 Å². The molecule has 0 saturated heterocycles. The molecule has 1 amide bonds. The molecule has 1 heterocycles. The molecule has 140 valence electrons. The Kier molecular flexibility index (Phi) is 5.13. The van der Waals surface area contributed by atoms with Gasteiger partial charge in [0.25, 0.3) is 5.91 Å². The number of benzene rings is 2. The van der Waals surface area contributed by atoms with E-state index in [2.05, 4.69) is 31.2 Å². The van der Waals surface area contributed by atoms with Crippen LogP contribution >= 0.6 is 0 Å². The highest BCUT2D eigenvalue weighted by Gasteiger charge is 2.34. The van der Waals surface area contributed by atoms with E-state index in [1.165, 1.54) is 48.1 Å². The molecule has 3 heteroatoms. The summed E-state index contributed by atoms with van der Waals surface area (Å²) in [6.07, 6.45) is 7.86. The number of aliphatic hydroxyl groups is 1. The first-order valence-corrected chi connectivity index (χ1v) is 10.00. The summed E-state index contributed by atoms with van der Waals surface area (Å²) in [7, 11) is 0. The van der Waals surface area contributed by atoms with Crippen LogP contribution in [0.1, 0.15) is 78.2 Å². The van der Waals surface area contributed by atoms with Gasteiger partial charge in [0.2, 0.25) is 0 Å². The fourth-order valence-corrected chi connectivity index (χ4v) is 4.34. The second-order valence-electron chi connectivity index (χ2n) is 7.76. The fraction of sp³-hybridized carbons (Fsp3) is 0.375. The molecule has 1 fully saturated rings. The van der Waals surface area contributed by atoms with E-state index in [0.29, 0.717) is 23.6 Å². The third-order valence-electron chi connectivity index (χ3n) is 6.06. The summed E-state index contributed by atoms with van der Waals surface area (Å²) in [5.41, 5.74) is 5.06. The Morgan fingerprint density at radius 1 is 1.07 bits per heavy atom. The Hall–Kier alpha value is -2.39. The number of allylic oxidation sites excluding steroid dienone is 1. The number of hydrogen-bond donors (Lipinski definition) is 1. The van der Waals surface area contributed by atoms with Crippen molar-refractivity contribution in [2.75, 3.05) is 6.54 Å². The van der Waals surface area contributed by atoms with Gasteiger partial charge in [-0.05, 0) is 48.4 Å². The lowest BCUT2D eigenvalue weighted by molar-refractivity contribution is 0.0232. The molecule has 0 unspecified atom stereocenters. The monoisotopic (exact) mass is 361 g/mol. The third-order valence-corrected chi connectivity index (χ3v) is 6.06. The lowest BCUT2D eigenvalue weighted by Gasteiger charge is -2.22. The molecule has 0 aromatic heterocycles. The minimum atomic E-state index is -0.855. The molecule has 4 rings (SSSR count). The molecular formula is C24H27NO2. The molecule has 1 aliphatic heterocycles. The average molecular weight is 361 g/mol. The van der Waals surface area contributed by atoms with Crippen LogP contribution in [-0.4, -0.2) is 22.5 Å². The normalized spacial score (nSPS) is 20.8. The SMILES string of the molecule is C/C(=C/CN1C(=O)c2ccccc2[C@@H]1O)c1ccc(C2CCCCC2)cc1. The minimum Gasteiger partial charge on any atom is -0.369 e. The largest absolute Gasteiger partial charge is 0.369 e. The maximum absolute atomic E-state index is 12.5. The van der Waals surface area contributed by atoms with E-state index < -0.39 is 6.23 Å². The van der Waals surface area contributed by atoms with Gasteiger partial charge in [-0.2, -0.15) is 0 Å². The number of carbonyl (C=O) groups is 1. The first kappa shape index (κ1) is 18.0. The van der Waals surface area contributed by atoms with Crippen LogP contribution in [0, 0.1) is 0 Å². The highest BCUT2D eigenvalue weighted by Crippen LogP contribution is 2.34. The van der Waals surface area contributed by atoms with Crippen molar-refractivity contribution in [3.05, 3.63) is 76.9 Å². The molecule has 1 aliphatic carbocycles. The predicted octanol–water partition coefficient (Wildman–Crippen LogP) is 5.28. The summed E-state index contributed by atoms with van der Waals surface area (Å²) < 4.78 is 0. The fourth-order valence-electron chi connectivity index (χ4n) is 4.34. The Morgan fingerprint density at radius 3 is 2.48 bits per heavy atom. The second kappa shape index (κ2) is 7.69. The molecule has 0 bridgehead atoms. The molecule has 1 saturated carbocycles. The van der Waals surface area contributed by atoms with Gasteiger partial charge in [0.15, 0.2) is 6.23 Å². The zero-order valence-corrected chi connectivity index (χ0v) is 15.9. The van der Waals surface area contributed by atoms with Crippen molar-refractivity contribution in [3.8, 4) is 0 Å². The molecule has 3 nitrogen and oxygen atoms in total. The number of aliphatic hydroxyl groups excluding tert-OH is 1. The lowest BCUT2D eigenvalue weighted by atomic mass is 9.84. The molecule has 2 aliphatic rings. The zero-order valence-electron chi connectivity index (χ0n) is 15.9. The van der Waals surface area contributed by atoms with Crippen molar-refractivity contribution in [2.45, 2.75) is 51.2 Å². The average Bonchev–Trinajstić information content (AvgIpc) is 2.97.